The Bertz CT molecular complexity index is 567. The lowest BCUT2D eigenvalue weighted by Crippen LogP contribution is -2.49. The van der Waals surface area contributed by atoms with Gasteiger partial charge >= 0.3 is 0 Å². The zero-order valence-electron chi connectivity index (χ0n) is 10.8. The second-order valence-electron chi connectivity index (χ2n) is 4.57. The number of imidazole rings is 1. The first-order valence-electron chi connectivity index (χ1n) is 6.29. The summed E-state index contributed by atoms with van der Waals surface area (Å²) < 4.78 is 28.3. The molecule has 1 fully saturated rings. The predicted molar refractivity (Wildman–Crippen MR) is 76.2 cm³/mol. The van der Waals surface area contributed by atoms with Crippen LogP contribution in [0.15, 0.2) is 17.6 Å². The minimum absolute atomic E-state index is 0.0671. The van der Waals surface area contributed by atoms with Crippen molar-refractivity contribution in [2.45, 2.75) is 43.8 Å². The molecule has 0 saturated carbocycles. The summed E-state index contributed by atoms with van der Waals surface area (Å²) in [5.41, 5.74) is 5.66. The highest BCUT2D eigenvalue weighted by molar-refractivity contribution is 7.89. The first-order valence-corrected chi connectivity index (χ1v) is 8.14. The van der Waals surface area contributed by atoms with Crippen molar-refractivity contribution >= 4 is 27.2 Å². The van der Waals surface area contributed by atoms with Crippen molar-refractivity contribution in [1.82, 2.24) is 13.9 Å². The fourth-order valence-corrected chi connectivity index (χ4v) is 4.17. The zero-order valence-corrected chi connectivity index (χ0v) is 12.5. The molecule has 0 bridgehead atoms. The van der Waals surface area contributed by atoms with E-state index in [-0.39, 0.29) is 16.1 Å². The third-order valence-corrected chi connectivity index (χ3v) is 5.40. The van der Waals surface area contributed by atoms with Crippen LogP contribution in [0.5, 0.6) is 0 Å². The molecule has 0 spiro atoms. The Morgan fingerprint density at radius 3 is 2.89 bits per heavy atom. The quantitative estimate of drug-likeness (QED) is 0.829. The average molecular weight is 302 g/mol. The summed E-state index contributed by atoms with van der Waals surface area (Å²) in [6.07, 6.45) is 5.51. The van der Waals surface area contributed by atoms with Crippen molar-refractivity contribution in [3.8, 4) is 0 Å². The number of aryl methyl sites for hydroxylation is 1. The van der Waals surface area contributed by atoms with E-state index in [2.05, 4.69) is 4.98 Å². The number of nitrogens with two attached hydrogens (primary N) is 1. The van der Waals surface area contributed by atoms with Crippen LogP contribution in [-0.4, -0.2) is 39.8 Å². The lowest BCUT2D eigenvalue weighted by Gasteiger charge is -2.33. The molecule has 6 nitrogen and oxygen atoms in total. The Morgan fingerprint density at radius 1 is 1.58 bits per heavy atom. The molecule has 1 saturated heterocycles. The number of hydrogen-bond donors (Lipinski definition) is 1. The fourth-order valence-electron chi connectivity index (χ4n) is 2.24. The third kappa shape index (κ3) is 2.80. The van der Waals surface area contributed by atoms with Crippen LogP contribution >= 0.6 is 12.2 Å². The van der Waals surface area contributed by atoms with E-state index >= 15 is 0 Å². The van der Waals surface area contributed by atoms with Gasteiger partial charge in [0.15, 0.2) is 5.03 Å². The third-order valence-electron chi connectivity index (χ3n) is 3.33. The van der Waals surface area contributed by atoms with Crippen molar-refractivity contribution in [1.29, 1.82) is 0 Å². The summed E-state index contributed by atoms with van der Waals surface area (Å²) in [6.45, 7) is 3.06. The van der Waals surface area contributed by atoms with Gasteiger partial charge < -0.3 is 10.3 Å². The Hall–Kier alpha value is -0.990. The molecule has 106 valence electrons. The second-order valence-corrected chi connectivity index (χ2v) is 6.88. The molecular formula is C11H18N4O2S2. The zero-order chi connectivity index (χ0) is 14.0. The summed E-state index contributed by atoms with van der Waals surface area (Å²) in [7, 11) is -3.61. The maximum Gasteiger partial charge on any atom is 0.262 e. The topological polar surface area (TPSA) is 81.2 Å². The van der Waals surface area contributed by atoms with Crippen molar-refractivity contribution in [2.24, 2.45) is 5.73 Å². The van der Waals surface area contributed by atoms with E-state index in [0.29, 0.717) is 19.5 Å². The van der Waals surface area contributed by atoms with Crippen LogP contribution < -0.4 is 5.73 Å². The standard InChI is InChI=1S/C11H18N4O2S2/c1-2-14-7-10(13-8-14)19(16,17)15-6-4-3-5-9(15)11(12)18/h7-9H,2-6H2,1H3,(H2,12,18). The number of rotatable bonds is 4. The minimum Gasteiger partial charge on any atom is -0.392 e. The Labute approximate surface area is 118 Å². The van der Waals surface area contributed by atoms with Gasteiger partial charge in [-0.2, -0.15) is 4.31 Å². The van der Waals surface area contributed by atoms with Crippen molar-refractivity contribution < 1.29 is 8.42 Å². The monoisotopic (exact) mass is 302 g/mol. The largest absolute Gasteiger partial charge is 0.392 e. The van der Waals surface area contributed by atoms with Gasteiger partial charge in [-0.1, -0.05) is 18.6 Å². The van der Waals surface area contributed by atoms with Crippen molar-refractivity contribution in [2.75, 3.05) is 6.54 Å². The molecule has 0 aromatic carbocycles. The van der Waals surface area contributed by atoms with E-state index < -0.39 is 10.0 Å². The molecule has 1 aromatic rings. The van der Waals surface area contributed by atoms with Crippen LogP contribution in [0, 0.1) is 0 Å². The van der Waals surface area contributed by atoms with Crippen LogP contribution in [0.2, 0.25) is 0 Å². The highest BCUT2D eigenvalue weighted by Crippen LogP contribution is 2.24. The Balaban J connectivity index is 2.34. The molecule has 2 heterocycles. The predicted octanol–water partition coefficient (Wildman–Crippen LogP) is 0.732. The van der Waals surface area contributed by atoms with Crippen molar-refractivity contribution in [3.63, 3.8) is 0 Å². The van der Waals surface area contributed by atoms with Crippen LogP contribution in [0.25, 0.3) is 0 Å². The van der Waals surface area contributed by atoms with E-state index in [1.54, 1.807) is 10.8 Å². The van der Waals surface area contributed by atoms with E-state index in [1.165, 1.54) is 10.6 Å². The highest BCUT2D eigenvalue weighted by atomic mass is 32.2. The maximum atomic E-state index is 12.6. The molecule has 19 heavy (non-hydrogen) atoms. The first kappa shape index (κ1) is 14.4. The van der Waals surface area contributed by atoms with Crippen LogP contribution in [-0.2, 0) is 16.6 Å². The lowest BCUT2D eigenvalue weighted by molar-refractivity contribution is 0.306. The number of hydrogen-bond acceptors (Lipinski definition) is 4. The van der Waals surface area contributed by atoms with Gasteiger partial charge in [0.25, 0.3) is 10.0 Å². The highest BCUT2D eigenvalue weighted by Gasteiger charge is 2.36. The molecule has 0 radical (unpaired) electrons. The summed E-state index contributed by atoms with van der Waals surface area (Å²) in [5.74, 6) is 0. The van der Waals surface area contributed by atoms with Crippen LogP contribution in [0.3, 0.4) is 0 Å². The molecule has 1 aromatic heterocycles. The summed E-state index contributed by atoms with van der Waals surface area (Å²) in [4.78, 5) is 4.21. The van der Waals surface area contributed by atoms with Gasteiger partial charge in [0, 0.05) is 19.3 Å². The molecule has 1 atom stereocenters. The minimum atomic E-state index is -3.61. The maximum absolute atomic E-state index is 12.6. The van der Waals surface area contributed by atoms with E-state index in [9.17, 15) is 8.42 Å². The number of sulfonamides is 1. The molecule has 1 aliphatic heterocycles. The lowest BCUT2D eigenvalue weighted by atomic mass is 10.1. The Kier molecular flexibility index (Phi) is 4.22. The molecule has 8 heteroatoms. The molecule has 2 rings (SSSR count). The molecular weight excluding hydrogens is 284 g/mol. The van der Waals surface area contributed by atoms with Crippen molar-refractivity contribution in [3.05, 3.63) is 12.5 Å². The molecule has 0 amide bonds. The fraction of sp³-hybridized carbons (Fsp3) is 0.636. The molecule has 1 aliphatic rings. The number of piperidine rings is 1. The SMILES string of the molecule is CCn1cnc(S(=O)(=O)N2CCCCC2C(N)=S)c1. The van der Waals surface area contributed by atoms with Crippen LogP contribution in [0.4, 0.5) is 0 Å². The van der Waals surface area contributed by atoms with Gasteiger partial charge in [-0.15, -0.1) is 0 Å². The van der Waals surface area contributed by atoms with Gasteiger partial charge in [0.2, 0.25) is 0 Å². The van der Waals surface area contributed by atoms with E-state index in [4.69, 9.17) is 18.0 Å². The second kappa shape index (κ2) is 5.56. The van der Waals surface area contributed by atoms with E-state index in [1.807, 2.05) is 6.92 Å². The van der Waals surface area contributed by atoms with E-state index in [0.717, 1.165) is 12.8 Å². The van der Waals surface area contributed by atoms with Gasteiger partial charge in [-0.25, -0.2) is 13.4 Å². The van der Waals surface area contributed by atoms with Gasteiger partial charge in [0.05, 0.1) is 17.4 Å². The normalized spacial score (nSPS) is 21.4. The number of aromatic nitrogens is 2. The number of nitrogens with zero attached hydrogens (tertiary/aromatic N) is 3. The number of thiocarbonyl (C=S) groups is 1. The van der Waals surface area contributed by atoms with Crippen LogP contribution in [0.1, 0.15) is 26.2 Å². The smallest absolute Gasteiger partial charge is 0.262 e. The average Bonchev–Trinajstić information content (AvgIpc) is 2.88. The van der Waals surface area contributed by atoms with Gasteiger partial charge in [-0.05, 0) is 19.8 Å². The molecule has 2 N–H and O–H groups in total. The summed E-state index contributed by atoms with van der Waals surface area (Å²) >= 11 is 4.99. The summed E-state index contributed by atoms with van der Waals surface area (Å²) in [5, 5.41) is 0.0671. The summed E-state index contributed by atoms with van der Waals surface area (Å²) in [6, 6.07) is -0.388. The van der Waals surface area contributed by atoms with Gasteiger partial charge in [-0.3, -0.25) is 0 Å². The van der Waals surface area contributed by atoms with Gasteiger partial charge in [0.1, 0.15) is 0 Å². The first-order chi connectivity index (χ1) is 8.96. The Morgan fingerprint density at radius 2 is 2.32 bits per heavy atom. The molecule has 1 unspecified atom stereocenters. The molecule has 0 aliphatic carbocycles.